The van der Waals surface area contributed by atoms with Gasteiger partial charge in [0.1, 0.15) is 17.1 Å². The van der Waals surface area contributed by atoms with E-state index in [-0.39, 0.29) is 17.2 Å². The minimum atomic E-state index is -0.708. The van der Waals surface area contributed by atoms with Crippen molar-refractivity contribution in [1.82, 2.24) is 0 Å². The predicted molar refractivity (Wildman–Crippen MR) is 122 cm³/mol. The number of rotatable bonds is 6. The van der Waals surface area contributed by atoms with E-state index in [0.717, 1.165) is 5.56 Å². The molecule has 0 saturated carbocycles. The first kappa shape index (κ1) is 22.4. The maximum atomic E-state index is 12.8. The number of anilines is 2. The molecule has 3 aromatic carbocycles. The van der Waals surface area contributed by atoms with Gasteiger partial charge in [0, 0.05) is 23.0 Å². The van der Waals surface area contributed by atoms with Crippen molar-refractivity contribution in [2.75, 3.05) is 18.2 Å². The number of nitrogen functional groups attached to an aromatic ring is 1. The van der Waals surface area contributed by atoms with E-state index in [0.29, 0.717) is 22.7 Å². The first-order chi connectivity index (χ1) is 15.2. The number of carbonyl (C=O) groups is 2. The number of hydrogen-bond donors (Lipinski definition) is 2. The minimum Gasteiger partial charge on any atom is -0.465 e. The van der Waals surface area contributed by atoms with Crippen LogP contribution in [0.4, 0.5) is 11.4 Å². The molecule has 0 fully saturated rings. The highest BCUT2D eigenvalue weighted by Gasteiger charge is 2.21. The number of amides is 1. The van der Waals surface area contributed by atoms with Crippen LogP contribution in [0, 0.1) is 11.3 Å². The van der Waals surface area contributed by atoms with Gasteiger partial charge >= 0.3 is 5.97 Å². The number of nitrogens with two attached hydrogens (primary N) is 1. The van der Waals surface area contributed by atoms with Crippen LogP contribution in [0.5, 0.6) is 11.5 Å². The molecule has 3 aromatic rings. The summed E-state index contributed by atoms with van der Waals surface area (Å²) in [5, 5.41) is 12.2. The standard InChI is InChI=1S/C25H23N3O4/c1-25(2,15-26)17-7-4-6-16(12-17)23(29)28-19-8-5-9-20(14-19)32-22-11-10-18(27)13-21(22)24(30)31-3/h4-14H,27H2,1-3H3,(H,28,29). The number of hydrogen-bond acceptors (Lipinski definition) is 6. The van der Waals surface area contributed by atoms with Crippen molar-refractivity contribution >= 4 is 23.3 Å². The van der Waals surface area contributed by atoms with Crippen LogP contribution in [0.3, 0.4) is 0 Å². The number of nitrogens with one attached hydrogen (secondary N) is 1. The number of benzene rings is 3. The largest absolute Gasteiger partial charge is 0.465 e. The SMILES string of the molecule is COC(=O)c1cc(N)ccc1Oc1cccc(NC(=O)c2cccc(C(C)(C)C#N)c2)c1. The first-order valence-corrected chi connectivity index (χ1v) is 9.82. The summed E-state index contributed by atoms with van der Waals surface area (Å²) < 4.78 is 10.6. The van der Waals surface area contributed by atoms with Crippen LogP contribution in [-0.4, -0.2) is 19.0 Å². The fourth-order valence-electron chi connectivity index (χ4n) is 2.99. The van der Waals surface area contributed by atoms with Gasteiger partial charge in [0.2, 0.25) is 0 Å². The number of esters is 1. The van der Waals surface area contributed by atoms with Crippen LogP contribution in [0.15, 0.2) is 66.7 Å². The maximum Gasteiger partial charge on any atom is 0.341 e. The number of methoxy groups -OCH3 is 1. The summed E-state index contributed by atoms with van der Waals surface area (Å²) in [7, 11) is 1.28. The van der Waals surface area contributed by atoms with Gasteiger partial charge in [-0.25, -0.2) is 4.79 Å². The van der Waals surface area contributed by atoms with Crippen LogP contribution in [0.1, 0.15) is 40.1 Å². The molecule has 0 radical (unpaired) electrons. The minimum absolute atomic E-state index is 0.193. The van der Waals surface area contributed by atoms with E-state index in [1.165, 1.54) is 13.2 Å². The molecule has 0 spiro atoms. The van der Waals surface area contributed by atoms with Crippen molar-refractivity contribution in [3.63, 3.8) is 0 Å². The lowest BCUT2D eigenvalue weighted by atomic mass is 9.85. The molecule has 7 nitrogen and oxygen atoms in total. The zero-order chi connectivity index (χ0) is 23.3. The smallest absolute Gasteiger partial charge is 0.341 e. The summed E-state index contributed by atoms with van der Waals surface area (Å²) in [6.07, 6.45) is 0. The van der Waals surface area contributed by atoms with Crippen molar-refractivity contribution in [2.24, 2.45) is 0 Å². The molecule has 0 aliphatic rings. The molecule has 0 aliphatic heterocycles. The van der Waals surface area contributed by atoms with E-state index in [1.54, 1.807) is 68.4 Å². The van der Waals surface area contributed by atoms with E-state index < -0.39 is 11.4 Å². The van der Waals surface area contributed by atoms with Gasteiger partial charge in [0.25, 0.3) is 5.91 Å². The lowest BCUT2D eigenvalue weighted by Gasteiger charge is -2.16. The highest BCUT2D eigenvalue weighted by atomic mass is 16.5. The zero-order valence-corrected chi connectivity index (χ0v) is 18.0. The molecule has 0 heterocycles. The Labute approximate surface area is 186 Å². The van der Waals surface area contributed by atoms with Crippen LogP contribution in [0.2, 0.25) is 0 Å². The third kappa shape index (κ3) is 5.05. The fraction of sp³-hybridized carbons (Fsp3) is 0.160. The normalized spacial score (nSPS) is 10.7. The van der Waals surface area contributed by atoms with Gasteiger partial charge in [-0.1, -0.05) is 18.2 Å². The molecule has 32 heavy (non-hydrogen) atoms. The maximum absolute atomic E-state index is 12.8. The number of nitriles is 1. The summed E-state index contributed by atoms with van der Waals surface area (Å²) in [6.45, 7) is 3.59. The Hall–Kier alpha value is -4.31. The average Bonchev–Trinajstić information content (AvgIpc) is 2.80. The number of carbonyl (C=O) groups excluding carboxylic acids is 2. The second-order valence-electron chi connectivity index (χ2n) is 7.65. The molecule has 0 aromatic heterocycles. The van der Waals surface area contributed by atoms with Crippen molar-refractivity contribution in [3.8, 4) is 17.6 Å². The Kier molecular flexibility index (Phi) is 6.45. The van der Waals surface area contributed by atoms with Crippen molar-refractivity contribution in [3.05, 3.63) is 83.4 Å². The van der Waals surface area contributed by atoms with Gasteiger partial charge in [-0.15, -0.1) is 0 Å². The second kappa shape index (κ2) is 9.23. The lowest BCUT2D eigenvalue weighted by Crippen LogP contribution is -2.17. The topological polar surface area (TPSA) is 114 Å². The van der Waals surface area contributed by atoms with E-state index >= 15 is 0 Å². The van der Waals surface area contributed by atoms with Crippen molar-refractivity contribution in [2.45, 2.75) is 19.3 Å². The summed E-state index contributed by atoms with van der Waals surface area (Å²) in [5.41, 5.74) is 7.35. The van der Waals surface area contributed by atoms with E-state index in [4.69, 9.17) is 15.2 Å². The Balaban J connectivity index is 1.81. The fourth-order valence-corrected chi connectivity index (χ4v) is 2.99. The molecule has 0 unspecified atom stereocenters. The summed E-state index contributed by atoms with van der Waals surface area (Å²) in [5.74, 6) is -0.199. The number of nitrogens with zero attached hydrogens (tertiary/aromatic N) is 1. The quantitative estimate of drug-likeness (QED) is 0.425. The zero-order valence-electron chi connectivity index (χ0n) is 18.0. The second-order valence-corrected chi connectivity index (χ2v) is 7.65. The number of ether oxygens (including phenoxy) is 2. The molecule has 7 heteroatoms. The highest BCUT2D eigenvalue weighted by Crippen LogP contribution is 2.29. The van der Waals surface area contributed by atoms with Gasteiger partial charge < -0.3 is 20.5 Å². The van der Waals surface area contributed by atoms with Crippen molar-refractivity contribution < 1.29 is 19.1 Å². The Bertz CT molecular complexity index is 1210. The monoisotopic (exact) mass is 429 g/mol. The van der Waals surface area contributed by atoms with E-state index in [2.05, 4.69) is 11.4 Å². The van der Waals surface area contributed by atoms with Crippen LogP contribution in [0.25, 0.3) is 0 Å². The molecule has 0 bridgehead atoms. The third-order valence-corrected chi connectivity index (χ3v) is 4.85. The molecule has 3 N–H and O–H groups in total. The lowest BCUT2D eigenvalue weighted by molar-refractivity contribution is 0.0598. The molecular formula is C25H23N3O4. The molecule has 1 amide bonds. The molecule has 0 aliphatic carbocycles. The molecule has 162 valence electrons. The van der Waals surface area contributed by atoms with Crippen molar-refractivity contribution in [1.29, 1.82) is 5.26 Å². The average molecular weight is 429 g/mol. The van der Waals surface area contributed by atoms with Crippen LogP contribution in [-0.2, 0) is 10.2 Å². The van der Waals surface area contributed by atoms with Gasteiger partial charge in [0.05, 0.1) is 18.6 Å². The molecule has 0 saturated heterocycles. The van der Waals surface area contributed by atoms with Gasteiger partial charge in [0.15, 0.2) is 0 Å². The van der Waals surface area contributed by atoms with Crippen LogP contribution >= 0.6 is 0 Å². The first-order valence-electron chi connectivity index (χ1n) is 9.82. The van der Waals surface area contributed by atoms with Gasteiger partial charge in [-0.05, 0) is 61.9 Å². The molecular weight excluding hydrogens is 406 g/mol. The third-order valence-electron chi connectivity index (χ3n) is 4.85. The molecule has 3 rings (SSSR count). The van der Waals surface area contributed by atoms with Crippen LogP contribution < -0.4 is 15.8 Å². The Morgan fingerprint density at radius 3 is 2.50 bits per heavy atom. The van der Waals surface area contributed by atoms with Gasteiger partial charge in [-0.2, -0.15) is 5.26 Å². The summed E-state index contributed by atoms with van der Waals surface area (Å²) in [4.78, 5) is 24.8. The Morgan fingerprint density at radius 2 is 1.78 bits per heavy atom. The molecule has 0 atom stereocenters. The van der Waals surface area contributed by atoms with Gasteiger partial charge in [-0.3, -0.25) is 4.79 Å². The summed E-state index contributed by atoms with van der Waals surface area (Å²) >= 11 is 0. The summed E-state index contributed by atoms with van der Waals surface area (Å²) in [6, 6.07) is 20.6. The Morgan fingerprint density at radius 1 is 1.03 bits per heavy atom. The highest BCUT2D eigenvalue weighted by molar-refractivity contribution is 6.04. The predicted octanol–water partition coefficient (Wildman–Crippen LogP) is 4.90. The van der Waals surface area contributed by atoms with E-state index in [1.807, 2.05) is 6.07 Å². The van der Waals surface area contributed by atoms with E-state index in [9.17, 15) is 14.9 Å².